The van der Waals surface area contributed by atoms with E-state index in [9.17, 15) is 0 Å². The topological polar surface area (TPSA) is 34.1 Å². The van der Waals surface area contributed by atoms with E-state index >= 15 is 0 Å². The lowest BCUT2D eigenvalue weighted by Gasteiger charge is -2.08. The summed E-state index contributed by atoms with van der Waals surface area (Å²) < 4.78 is 5.14. The molecule has 3 nitrogen and oxygen atoms in total. The fourth-order valence-corrected chi connectivity index (χ4v) is 2.04. The number of anilines is 1. The van der Waals surface area contributed by atoms with Gasteiger partial charge < -0.3 is 10.1 Å². The molecule has 0 aliphatic heterocycles. The average molecular weight is 255 g/mol. The summed E-state index contributed by atoms with van der Waals surface area (Å²) in [6.07, 6.45) is 0. The summed E-state index contributed by atoms with van der Waals surface area (Å²) in [7, 11) is 1.60. The lowest BCUT2D eigenvalue weighted by atomic mass is 10.3. The first-order valence-electron chi connectivity index (χ1n) is 4.74. The Kier molecular flexibility index (Phi) is 3.64. The van der Waals surface area contributed by atoms with Crippen LogP contribution < -0.4 is 10.1 Å². The van der Waals surface area contributed by atoms with Gasteiger partial charge in [-0.2, -0.15) is 0 Å². The van der Waals surface area contributed by atoms with E-state index in [1.807, 2.05) is 29.1 Å². The Bertz CT molecular complexity index is 459. The van der Waals surface area contributed by atoms with Gasteiger partial charge >= 0.3 is 0 Å². The summed E-state index contributed by atoms with van der Waals surface area (Å²) in [5.74, 6) is 0.671. The van der Waals surface area contributed by atoms with E-state index in [-0.39, 0.29) is 0 Å². The Hall–Kier alpha value is -1.26. The van der Waals surface area contributed by atoms with Crippen LogP contribution in [0.1, 0.15) is 5.69 Å². The summed E-state index contributed by atoms with van der Waals surface area (Å²) in [4.78, 5) is 4.19. The van der Waals surface area contributed by atoms with Crippen molar-refractivity contribution in [1.29, 1.82) is 0 Å². The zero-order valence-corrected chi connectivity index (χ0v) is 10.3. The number of hydrogen-bond acceptors (Lipinski definition) is 4. The highest BCUT2D eigenvalue weighted by molar-refractivity contribution is 7.07. The molecule has 0 saturated heterocycles. The lowest BCUT2D eigenvalue weighted by molar-refractivity contribution is 0.415. The smallest absolute Gasteiger partial charge is 0.139 e. The Balaban J connectivity index is 2.04. The zero-order valence-electron chi connectivity index (χ0n) is 8.74. The molecule has 1 aromatic carbocycles. The number of nitrogens with zero attached hydrogens (tertiary/aromatic N) is 1. The first-order valence-corrected chi connectivity index (χ1v) is 6.06. The Morgan fingerprint density at radius 1 is 1.50 bits per heavy atom. The highest BCUT2D eigenvalue weighted by atomic mass is 35.5. The van der Waals surface area contributed by atoms with Crippen LogP contribution in [0, 0.1) is 0 Å². The molecule has 1 aromatic heterocycles. The molecule has 2 aromatic rings. The van der Waals surface area contributed by atoms with Crippen molar-refractivity contribution in [2.24, 2.45) is 0 Å². The lowest BCUT2D eigenvalue weighted by Crippen LogP contribution is -1.99. The first kappa shape index (κ1) is 11.2. The molecule has 0 aliphatic rings. The molecule has 84 valence electrons. The summed E-state index contributed by atoms with van der Waals surface area (Å²) in [6.45, 7) is 0.703. The third-order valence-corrected chi connectivity index (χ3v) is 3.06. The number of rotatable bonds is 4. The Morgan fingerprint density at radius 2 is 2.38 bits per heavy atom. The minimum atomic E-state index is 0.613. The van der Waals surface area contributed by atoms with E-state index in [0.717, 1.165) is 11.4 Å². The molecule has 16 heavy (non-hydrogen) atoms. The first-order chi connectivity index (χ1) is 7.79. The maximum atomic E-state index is 5.93. The third-order valence-electron chi connectivity index (χ3n) is 2.11. The van der Waals surface area contributed by atoms with Crippen LogP contribution in [0.5, 0.6) is 5.75 Å². The van der Waals surface area contributed by atoms with Crippen molar-refractivity contribution in [3.8, 4) is 5.75 Å². The van der Waals surface area contributed by atoms with E-state index in [1.54, 1.807) is 18.4 Å². The normalized spacial score (nSPS) is 10.1. The van der Waals surface area contributed by atoms with Gasteiger partial charge in [0.05, 0.1) is 29.9 Å². The Morgan fingerprint density at radius 3 is 3.06 bits per heavy atom. The van der Waals surface area contributed by atoms with Crippen molar-refractivity contribution in [3.63, 3.8) is 0 Å². The van der Waals surface area contributed by atoms with Gasteiger partial charge in [0.2, 0.25) is 0 Å². The van der Waals surface area contributed by atoms with Crippen molar-refractivity contribution >= 4 is 28.6 Å². The quantitative estimate of drug-likeness (QED) is 0.908. The second-order valence-corrected chi connectivity index (χ2v) is 4.31. The van der Waals surface area contributed by atoms with E-state index in [4.69, 9.17) is 16.3 Å². The molecule has 0 amide bonds. The number of ether oxygens (including phenoxy) is 1. The van der Waals surface area contributed by atoms with Crippen LogP contribution in [-0.2, 0) is 6.54 Å². The van der Waals surface area contributed by atoms with E-state index in [1.165, 1.54) is 0 Å². The minimum Gasteiger partial charge on any atom is -0.495 e. The van der Waals surface area contributed by atoms with Crippen LogP contribution in [0.4, 0.5) is 5.69 Å². The summed E-state index contributed by atoms with van der Waals surface area (Å²) in [5, 5.41) is 5.88. The predicted octanol–water partition coefficient (Wildman–Crippen LogP) is 3.42. The largest absolute Gasteiger partial charge is 0.495 e. The molecule has 0 aliphatic carbocycles. The number of hydrogen-bond donors (Lipinski definition) is 1. The summed E-state index contributed by atoms with van der Waals surface area (Å²) in [6, 6.07) is 5.59. The molecule has 2 rings (SSSR count). The number of benzene rings is 1. The predicted molar refractivity (Wildman–Crippen MR) is 67.4 cm³/mol. The van der Waals surface area contributed by atoms with Crippen LogP contribution in [0.2, 0.25) is 5.02 Å². The van der Waals surface area contributed by atoms with Crippen molar-refractivity contribution < 1.29 is 4.74 Å². The fraction of sp³-hybridized carbons (Fsp3) is 0.182. The van der Waals surface area contributed by atoms with Crippen LogP contribution in [-0.4, -0.2) is 12.1 Å². The maximum Gasteiger partial charge on any atom is 0.139 e. The number of nitrogens with one attached hydrogen (secondary N) is 1. The number of halogens is 1. The second kappa shape index (κ2) is 5.18. The average Bonchev–Trinajstić information content (AvgIpc) is 2.81. The molecular formula is C11H11ClN2OS. The third kappa shape index (κ3) is 2.65. The number of thiazole rings is 1. The number of aromatic nitrogens is 1. The van der Waals surface area contributed by atoms with E-state index in [2.05, 4.69) is 10.3 Å². The molecule has 0 spiro atoms. The van der Waals surface area contributed by atoms with Crippen molar-refractivity contribution in [2.75, 3.05) is 12.4 Å². The highest BCUT2D eigenvalue weighted by Gasteiger charge is 2.02. The molecule has 1 N–H and O–H groups in total. The fourth-order valence-electron chi connectivity index (χ4n) is 1.29. The number of methoxy groups -OCH3 is 1. The standard InChI is InChI=1S/C11H11ClN2OS/c1-15-11-4-8(2-3-10(11)12)13-5-9-6-16-7-14-9/h2-4,6-7,13H,5H2,1H3. The van der Waals surface area contributed by atoms with Crippen molar-refractivity contribution in [3.05, 3.63) is 39.8 Å². The molecule has 1 heterocycles. The minimum absolute atomic E-state index is 0.613. The maximum absolute atomic E-state index is 5.93. The van der Waals surface area contributed by atoms with Gasteiger partial charge in [-0.15, -0.1) is 11.3 Å². The van der Waals surface area contributed by atoms with Gasteiger partial charge in [-0.3, -0.25) is 0 Å². The summed E-state index contributed by atoms with van der Waals surface area (Å²) >= 11 is 7.52. The van der Waals surface area contributed by atoms with Crippen LogP contribution in [0.3, 0.4) is 0 Å². The van der Waals surface area contributed by atoms with Crippen molar-refractivity contribution in [2.45, 2.75) is 6.54 Å². The molecule has 5 heteroatoms. The monoisotopic (exact) mass is 254 g/mol. The molecule has 0 bridgehead atoms. The SMILES string of the molecule is COc1cc(NCc2cscn2)ccc1Cl. The summed E-state index contributed by atoms with van der Waals surface area (Å²) in [5.41, 5.74) is 3.81. The highest BCUT2D eigenvalue weighted by Crippen LogP contribution is 2.27. The zero-order chi connectivity index (χ0) is 11.4. The second-order valence-electron chi connectivity index (χ2n) is 3.18. The van der Waals surface area contributed by atoms with E-state index < -0.39 is 0 Å². The van der Waals surface area contributed by atoms with Crippen LogP contribution in [0.15, 0.2) is 29.1 Å². The van der Waals surface area contributed by atoms with Crippen molar-refractivity contribution in [1.82, 2.24) is 4.98 Å². The molecule has 0 unspecified atom stereocenters. The van der Waals surface area contributed by atoms with Gasteiger partial charge in [-0.05, 0) is 12.1 Å². The van der Waals surface area contributed by atoms with Crippen LogP contribution in [0.25, 0.3) is 0 Å². The van der Waals surface area contributed by atoms with Gasteiger partial charge in [0, 0.05) is 17.1 Å². The Labute approximate surface area is 103 Å². The van der Waals surface area contributed by atoms with Gasteiger partial charge in [-0.1, -0.05) is 11.6 Å². The van der Waals surface area contributed by atoms with Gasteiger partial charge in [0.15, 0.2) is 0 Å². The van der Waals surface area contributed by atoms with Gasteiger partial charge in [-0.25, -0.2) is 4.98 Å². The van der Waals surface area contributed by atoms with Gasteiger partial charge in [0.25, 0.3) is 0 Å². The molecule has 0 fully saturated rings. The van der Waals surface area contributed by atoms with E-state index in [0.29, 0.717) is 17.3 Å². The molecular weight excluding hydrogens is 244 g/mol. The van der Waals surface area contributed by atoms with Gasteiger partial charge in [0.1, 0.15) is 5.75 Å². The molecule has 0 saturated carbocycles. The molecule has 0 atom stereocenters. The molecule has 0 radical (unpaired) electrons. The van der Waals surface area contributed by atoms with Crippen LogP contribution >= 0.6 is 22.9 Å².